The zero-order valence-electron chi connectivity index (χ0n) is 23.7. The third-order valence-corrected chi connectivity index (χ3v) is 7.36. The molecule has 7 heteroatoms. The number of hydrogen-bond acceptors (Lipinski definition) is 7. The number of ether oxygens (including phenoxy) is 2. The molecule has 204 valence electrons. The van der Waals surface area contributed by atoms with Gasteiger partial charge in [-0.1, -0.05) is 25.7 Å². The van der Waals surface area contributed by atoms with Crippen LogP contribution in [0.5, 0.6) is 0 Å². The van der Waals surface area contributed by atoms with Gasteiger partial charge in [0.25, 0.3) is 0 Å². The quantitative estimate of drug-likeness (QED) is 0.271. The van der Waals surface area contributed by atoms with E-state index in [0.29, 0.717) is 25.7 Å². The van der Waals surface area contributed by atoms with E-state index in [1.165, 1.54) is 5.06 Å². The number of carbonyl (C=O) groups excluding carboxylic acids is 2. The summed E-state index contributed by atoms with van der Waals surface area (Å²) in [6.07, 6.45) is 9.52. The highest BCUT2D eigenvalue weighted by Crippen LogP contribution is 2.38. The van der Waals surface area contributed by atoms with Gasteiger partial charge in [-0.25, -0.2) is 0 Å². The first-order valence-corrected chi connectivity index (χ1v) is 13.7. The first-order valence-electron chi connectivity index (χ1n) is 13.7. The number of nitrogens with one attached hydrogen (secondary N) is 1. The van der Waals surface area contributed by atoms with Gasteiger partial charge in [0.1, 0.15) is 12.2 Å². The number of esters is 2. The Morgan fingerprint density at radius 2 is 1.03 bits per heavy atom. The maximum absolute atomic E-state index is 12.3. The SMILES string of the molecule is CC1(C)CC(OC(=O)CCCCCCCCC(=O)OC2CC(C)(C)N(O)C(C)(C)C2)CC(C)(C)N1. The normalized spacial score (nSPS) is 24.1. The number of rotatable bonds is 11. The summed E-state index contributed by atoms with van der Waals surface area (Å²) in [5, 5.41) is 15.4. The van der Waals surface area contributed by atoms with E-state index in [0.717, 1.165) is 51.4 Å². The molecule has 0 radical (unpaired) electrons. The predicted molar refractivity (Wildman–Crippen MR) is 138 cm³/mol. The molecule has 2 aliphatic heterocycles. The summed E-state index contributed by atoms with van der Waals surface area (Å²) in [5.41, 5.74) is -0.882. The molecule has 2 aliphatic rings. The Kier molecular flexibility index (Phi) is 10.2. The zero-order chi connectivity index (χ0) is 26.5. The van der Waals surface area contributed by atoms with Crippen LogP contribution in [-0.4, -0.2) is 56.6 Å². The number of carbonyl (C=O) groups is 2. The predicted octanol–water partition coefficient (Wildman–Crippen LogP) is 5.91. The summed E-state index contributed by atoms with van der Waals surface area (Å²) in [7, 11) is 0. The summed E-state index contributed by atoms with van der Waals surface area (Å²) in [4.78, 5) is 24.6. The van der Waals surface area contributed by atoms with Crippen LogP contribution < -0.4 is 5.32 Å². The van der Waals surface area contributed by atoms with E-state index < -0.39 is 11.1 Å². The van der Waals surface area contributed by atoms with Crippen molar-refractivity contribution in [3.8, 4) is 0 Å². The van der Waals surface area contributed by atoms with Crippen molar-refractivity contribution in [1.82, 2.24) is 10.4 Å². The first-order chi connectivity index (χ1) is 16.0. The molecule has 0 aromatic heterocycles. The Morgan fingerprint density at radius 3 is 1.43 bits per heavy atom. The molecule has 2 saturated heterocycles. The molecule has 0 spiro atoms. The lowest BCUT2D eigenvalue weighted by Crippen LogP contribution is -2.60. The van der Waals surface area contributed by atoms with E-state index in [1.807, 2.05) is 27.7 Å². The standard InChI is InChI=1S/C28H52N2O5/c1-25(2)17-21(18-26(3,4)29-25)34-23(31)15-13-11-9-10-12-14-16-24(32)35-22-19-27(5,6)30(33)28(7,8)20-22/h21-22,29,33H,9-20H2,1-8H3. The third kappa shape index (κ3) is 10.0. The van der Waals surface area contributed by atoms with E-state index in [-0.39, 0.29) is 35.2 Å². The van der Waals surface area contributed by atoms with Crippen molar-refractivity contribution in [1.29, 1.82) is 0 Å². The molecule has 0 bridgehead atoms. The number of nitrogens with zero attached hydrogens (tertiary/aromatic N) is 1. The molecule has 0 aliphatic carbocycles. The molecule has 35 heavy (non-hydrogen) atoms. The Hall–Kier alpha value is -1.18. The van der Waals surface area contributed by atoms with Gasteiger partial charge in [-0.15, -0.1) is 0 Å². The van der Waals surface area contributed by atoms with Crippen molar-refractivity contribution >= 4 is 11.9 Å². The van der Waals surface area contributed by atoms with E-state index in [2.05, 4.69) is 33.0 Å². The lowest BCUT2D eigenvalue weighted by Gasteiger charge is -2.50. The largest absolute Gasteiger partial charge is 0.462 e. The minimum atomic E-state index is -0.417. The second-order valence-corrected chi connectivity index (χ2v) is 13.5. The average molecular weight is 497 g/mol. The van der Waals surface area contributed by atoms with Crippen LogP contribution >= 0.6 is 0 Å². The third-order valence-electron chi connectivity index (χ3n) is 7.36. The summed E-state index contributed by atoms with van der Waals surface area (Å²) >= 11 is 0. The van der Waals surface area contributed by atoms with Gasteiger partial charge in [-0.2, -0.15) is 5.06 Å². The van der Waals surface area contributed by atoms with Crippen molar-refractivity contribution in [3.63, 3.8) is 0 Å². The van der Waals surface area contributed by atoms with Crippen LogP contribution in [0.25, 0.3) is 0 Å². The van der Waals surface area contributed by atoms with Crippen LogP contribution in [0.15, 0.2) is 0 Å². The summed E-state index contributed by atoms with van der Waals surface area (Å²) < 4.78 is 11.5. The first kappa shape index (κ1) is 30.0. The van der Waals surface area contributed by atoms with Gasteiger partial charge in [0.05, 0.1) is 0 Å². The van der Waals surface area contributed by atoms with Crippen LogP contribution in [0, 0.1) is 0 Å². The Bertz CT molecular complexity index is 682. The van der Waals surface area contributed by atoms with Crippen LogP contribution in [0.2, 0.25) is 0 Å². The van der Waals surface area contributed by atoms with Crippen LogP contribution in [-0.2, 0) is 19.1 Å². The maximum atomic E-state index is 12.3. The van der Waals surface area contributed by atoms with Gasteiger partial charge < -0.3 is 20.0 Å². The molecule has 0 saturated carbocycles. The molecule has 0 aromatic carbocycles. The van der Waals surface area contributed by atoms with Crippen LogP contribution in [0.1, 0.15) is 132 Å². The molecule has 7 nitrogen and oxygen atoms in total. The van der Waals surface area contributed by atoms with Gasteiger partial charge in [0.2, 0.25) is 0 Å². The number of unbranched alkanes of at least 4 members (excludes halogenated alkanes) is 5. The second-order valence-electron chi connectivity index (χ2n) is 13.5. The Balaban J connectivity index is 1.53. The zero-order valence-corrected chi connectivity index (χ0v) is 23.7. The van der Waals surface area contributed by atoms with Gasteiger partial charge >= 0.3 is 11.9 Å². The number of hydroxylamine groups is 2. The average Bonchev–Trinajstić information content (AvgIpc) is 2.65. The fraction of sp³-hybridized carbons (Fsp3) is 0.929. The lowest BCUT2D eigenvalue weighted by molar-refractivity contribution is -0.259. The Morgan fingerprint density at radius 1 is 0.686 bits per heavy atom. The number of piperidine rings is 2. The molecule has 0 amide bonds. The fourth-order valence-corrected chi connectivity index (χ4v) is 6.31. The molecule has 0 aromatic rings. The van der Waals surface area contributed by atoms with Gasteiger partial charge in [0, 0.05) is 60.7 Å². The van der Waals surface area contributed by atoms with Crippen LogP contribution in [0.3, 0.4) is 0 Å². The van der Waals surface area contributed by atoms with E-state index in [9.17, 15) is 14.8 Å². The van der Waals surface area contributed by atoms with Gasteiger partial charge in [-0.3, -0.25) is 9.59 Å². The molecular formula is C28H52N2O5. The minimum Gasteiger partial charge on any atom is -0.462 e. The van der Waals surface area contributed by atoms with E-state index >= 15 is 0 Å². The van der Waals surface area contributed by atoms with Crippen molar-refractivity contribution in [2.45, 2.75) is 167 Å². The fourth-order valence-electron chi connectivity index (χ4n) is 6.31. The second kappa shape index (κ2) is 11.9. The molecule has 2 N–H and O–H groups in total. The molecular weight excluding hydrogens is 444 g/mol. The minimum absolute atomic E-state index is 0.0122. The smallest absolute Gasteiger partial charge is 0.306 e. The lowest BCUT2D eigenvalue weighted by atomic mass is 9.80. The Labute approximate surface area is 213 Å². The monoisotopic (exact) mass is 496 g/mol. The highest BCUT2D eigenvalue weighted by molar-refractivity contribution is 5.69. The number of hydrogen-bond donors (Lipinski definition) is 2. The van der Waals surface area contributed by atoms with Crippen molar-refractivity contribution in [3.05, 3.63) is 0 Å². The summed E-state index contributed by atoms with van der Waals surface area (Å²) in [6, 6.07) is 0. The van der Waals surface area contributed by atoms with E-state index in [1.54, 1.807) is 0 Å². The molecule has 2 fully saturated rings. The highest BCUT2D eigenvalue weighted by Gasteiger charge is 2.46. The van der Waals surface area contributed by atoms with E-state index in [4.69, 9.17) is 9.47 Å². The highest BCUT2D eigenvalue weighted by atomic mass is 16.6. The molecule has 2 heterocycles. The summed E-state index contributed by atoms with van der Waals surface area (Å²) in [6.45, 7) is 16.6. The molecule has 2 rings (SSSR count). The van der Waals surface area contributed by atoms with Crippen molar-refractivity contribution in [2.75, 3.05) is 0 Å². The molecule has 0 unspecified atom stereocenters. The molecule has 0 atom stereocenters. The topological polar surface area (TPSA) is 88.1 Å². The van der Waals surface area contributed by atoms with Crippen LogP contribution in [0.4, 0.5) is 0 Å². The van der Waals surface area contributed by atoms with Crippen molar-refractivity contribution < 1.29 is 24.3 Å². The van der Waals surface area contributed by atoms with Gasteiger partial charge in [-0.05, 0) is 68.2 Å². The van der Waals surface area contributed by atoms with Crippen molar-refractivity contribution in [2.24, 2.45) is 0 Å². The van der Waals surface area contributed by atoms with Gasteiger partial charge in [0.15, 0.2) is 0 Å². The maximum Gasteiger partial charge on any atom is 0.306 e. The summed E-state index contributed by atoms with van der Waals surface area (Å²) in [5.74, 6) is -0.218.